The van der Waals surface area contributed by atoms with Crippen molar-refractivity contribution in [3.05, 3.63) is 114 Å². The number of pyridine rings is 1. The first kappa shape index (κ1) is 24.6. The highest BCUT2D eigenvalue weighted by Gasteiger charge is 2.12. The van der Waals surface area contributed by atoms with Crippen LogP contribution in [-0.2, 0) is 24.2 Å². The van der Waals surface area contributed by atoms with Crippen LogP contribution in [0.2, 0.25) is 0 Å². The zero-order valence-corrected chi connectivity index (χ0v) is 20.3. The van der Waals surface area contributed by atoms with Crippen molar-refractivity contribution in [2.24, 2.45) is 0 Å². The van der Waals surface area contributed by atoms with E-state index in [1.807, 2.05) is 12.1 Å². The minimum atomic E-state index is -0.322. The van der Waals surface area contributed by atoms with Gasteiger partial charge in [0.1, 0.15) is 35.5 Å². The van der Waals surface area contributed by atoms with Gasteiger partial charge in [-0.1, -0.05) is 24.3 Å². The number of rotatable bonds is 10. The van der Waals surface area contributed by atoms with E-state index in [1.165, 1.54) is 16.9 Å². The Kier molecular flexibility index (Phi) is 7.32. The highest BCUT2D eigenvalue weighted by Crippen LogP contribution is 2.37. The molecule has 3 aromatic carbocycles. The van der Waals surface area contributed by atoms with Crippen molar-refractivity contribution < 1.29 is 18.7 Å². The van der Waals surface area contributed by atoms with E-state index in [0.29, 0.717) is 47.0 Å². The SMILES string of the molecule is [C-]#[N+]c1cc2c(Oc3ccc(CC(=O)Cc4ccc(F)cc4)cc3)ccnc2cc1OCCn1nccn1. The molecule has 2 heterocycles. The van der Waals surface area contributed by atoms with Gasteiger partial charge in [0.25, 0.3) is 0 Å². The summed E-state index contributed by atoms with van der Waals surface area (Å²) in [6.07, 6.45) is 5.33. The van der Waals surface area contributed by atoms with Gasteiger partial charge in [-0.3, -0.25) is 9.78 Å². The van der Waals surface area contributed by atoms with E-state index in [4.69, 9.17) is 16.0 Å². The number of aromatic nitrogens is 4. The third kappa shape index (κ3) is 5.99. The summed E-state index contributed by atoms with van der Waals surface area (Å²) in [5.74, 6) is 1.28. The molecule has 0 aliphatic heterocycles. The van der Waals surface area contributed by atoms with E-state index in [1.54, 1.807) is 61.1 Å². The van der Waals surface area contributed by atoms with Crippen LogP contribution in [0, 0.1) is 12.4 Å². The van der Waals surface area contributed by atoms with Crippen LogP contribution in [0.15, 0.2) is 85.3 Å². The molecule has 5 rings (SSSR count). The molecule has 9 heteroatoms. The number of nitrogens with zero attached hydrogens (tertiary/aromatic N) is 5. The van der Waals surface area contributed by atoms with Crippen LogP contribution < -0.4 is 9.47 Å². The van der Waals surface area contributed by atoms with Crippen molar-refractivity contribution in [2.45, 2.75) is 19.4 Å². The van der Waals surface area contributed by atoms with Crippen molar-refractivity contribution in [2.75, 3.05) is 6.61 Å². The predicted molar refractivity (Wildman–Crippen MR) is 139 cm³/mol. The summed E-state index contributed by atoms with van der Waals surface area (Å²) in [4.78, 5) is 22.0. The van der Waals surface area contributed by atoms with Gasteiger partial charge in [-0.25, -0.2) is 9.24 Å². The first-order chi connectivity index (χ1) is 18.6. The van der Waals surface area contributed by atoms with Gasteiger partial charge in [-0.2, -0.15) is 15.0 Å². The smallest absolute Gasteiger partial charge is 0.229 e. The second-order valence-electron chi connectivity index (χ2n) is 8.50. The van der Waals surface area contributed by atoms with E-state index in [9.17, 15) is 9.18 Å². The number of halogens is 1. The Morgan fingerprint density at radius 2 is 1.58 bits per heavy atom. The average Bonchev–Trinajstić information content (AvgIpc) is 3.44. The Labute approximate surface area is 218 Å². The summed E-state index contributed by atoms with van der Waals surface area (Å²) in [7, 11) is 0. The third-order valence-electron chi connectivity index (χ3n) is 5.79. The molecule has 0 fully saturated rings. The van der Waals surface area contributed by atoms with E-state index >= 15 is 0 Å². The molecule has 0 unspecified atom stereocenters. The zero-order chi connectivity index (χ0) is 26.3. The van der Waals surface area contributed by atoms with Crippen LogP contribution in [0.3, 0.4) is 0 Å². The number of benzene rings is 3. The molecule has 0 atom stereocenters. The normalized spacial score (nSPS) is 10.7. The number of Topliss-reactive ketones (excluding diaryl/α,β-unsaturated/α-hetero) is 1. The number of ether oxygens (including phenoxy) is 2. The lowest BCUT2D eigenvalue weighted by Crippen LogP contribution is -2.10. The van der Waals surface area contributed by atoms with Crippen molar-refractivity contribution in [3.63, 3.8) is 0 Å². The summed E-state index contributed by atoms with van der Waals surface area (Å²) in [5, 5.41) is 8.76. The lowest BCUT2D eigenvalue weighted by molar-refractivity contribution is -0.117. The molecule has 0 spiro atoms. The van der Waals surface area contributed by atoms with E-state index in [-0.39, 0.29) is 24.4 Å². The Balaban J connectivity index is 1.26. The van der Waals surface area contributed by atoms with Crippen LogP contribution in [0.4, 0.5) is 10.1 Å². The summed E-state index contributed by atoms with van der Waals surface area (Å²) < 4.78 is 25.0. The van der Waals surface area contributed by atoms with Gasteiger partial charge in [0, 0.05) is 24.4 Å². The highest BCUT2D eigenvalue weighted by atomic mass is 19.1. The molecule has 188 valence electrons. The predicted octanol–water partition coefficient (Wildman–Crippen LogP) is 5.74. The maximum Gasteiger partial charge on any atom is 0.229 e. The van der Waals surface area contributed by atoms with Crippen LogP contribution in [0.25, 0.3) is 15.7 Å². The van der Waals surface area contributed by atoms with E-state index in [2.05, 4.69) is 20.0 Å². The summed E-state index contributed by atoms with van der Waals surface area (Å²) >= 11 is 0. The maximum atomic E-state index is 13.1. The number of carbonyl (C=O) groups excluding carboxylic acids is 1. The first-order valence-electron chi connectivity index (χ1n) is 11.9. The standard InChI is InChI=1S/C29H22FN5O3/c1-31-27-18-25-26(19-29(27)37-15-14-35-33-12-13-34-35)32-11-10-28(25)38-24-8-4-21(5-9-24)17-23(36)16-20-2-6-22(30)7-3-20/h2-13,18-19H,14-17H2. The van der Waals surface area contributed by atoms with Gasteiger partial charge in [0.2, 0.25) is 5.69 Å². The number of hydrogen-bond donors (Lipinski definition) is 0. The van der Waals surface area contributed by atoms with Gasteiger partial charge >= 0.3 is 0 Å². The molecule has 8 nitrogen and oxygen atoms in total. The van der Waals surface area contributed by atoms with Gasteiger partial charge in [-0.05, 0) is 53.6 Å². The molecule has 0 aliphatic rings. The second kappa shape index (κ2) is 11.3. The quantitative estimate of drug-likeness (QED) is 0.224. The maximum absolute atomic E-state index is 13.1. The lowest BCUT2D eigenvalue weighted by atomic mass is 10.0. The molecule has 38 heavy (non-hydrogen) atoms. The molecule has 0 aliphatic carbocycles. The Morgan fingerprint density at radius 3 is 2.26 bits per heavy atom. The minimum absolute atomic E-state index is 0.0380. The fourth-order valence-electron chi connectivity index (χ4n) is 3.95. The molecule has 0 amide bonds. The Morgan fingerprint density at radius 1 is 0.895 bits per heavy atom. The molecule has 2 aromatic heterocycles. The van der Waals surface area contributed by atoms with Crippen LogP contribution in [-0.4, -0.2) is 32.4 Å². The van der Waals surface area contributed by atoms with Crippen molar-refractivity contribution in [1.29, 1.82) is 0 Å². The molecular formula is C29H22FN5O3. The first-order valence-corrected chi connectivity index (χ1v) is 11.9. The van der Waals surface area contributed by atoms with Gasteiger partial charge in [-0.15, -0.1) is 0 Å². The lowest BCUT2D eigenvalue weighted by Gasteiger charge is -2.12. The minimum Gasteiger partial charge on any atom is -0.503 e. The van der Waals surface area contributed by atoms with E-state index in [0.717, 1.165) is 11.1 Å². The van der Waals surface area contributed by atoms with Crippen LogP contribution >= 0.6 is 0 Å². The summed E-state index contributed by atoms with van der Waals surface area (Å²) in [6, 6.07) is 18.4. The Bertz CT molecular complexity index is 1600. The fourth-order valence-corrected chi connectivity index (χ4v) is 3.95. The number of ketones is 1. The summed E-state index contributed by atoms with van der Waals surface area (Å²) in [5.41, 5.74) is 2.61. The second-order valence-corrected chi connectivity index (χ2v) is 8.50. The number of fused-ring (bicyclic) bond motifs is 1. The fraction of sp³-hybridized carbons (Fsp3) is 0.138. The van der Waals surface area contributed by atoms with Crippen LogP contribution in [0.5, 0.6) is 17.2 Å². The van der Waals surface area contributed by atoms with E-state index < -0.39 is 0 Å². The molecule has 0 bridgehead atoms. The average molecular weight is 508 g/mol. The third-order valence-corrected chi connectivity index (χ3v) is 5.79. The molecular weight excluding hydrogens is 485 g/mol. The number of hydrogen-bond acceptors (Lipinski definition) is 6. The molecule has 0 saturated heterocycles. The Hall–Kier alpha value is -5.10. The van der Waals surface area contributed by atoms with Gasteiger partial charge in [0.05, 0.1) is 31.0 Å². The van der Waals surface area contributed by atoms with Crippen molar-refractivity contribution >= 4 is 22.4 Å². The topological polar surface area (TPSA) is 83.5 Å². The highest BCUT2D eigenvalue weighted by molar-refractivity contribution is 5.91. The van der Waals surface area contributed by atoms with Crippen molar-refractivity contribution in [3.8, 4) is 17.2 Å². The molecule has 5 aromatic rings. The number of carbonyl (C=O) groups is 1. The zero-order valence-electron chi connectivity index (χ0n) is 20.3. The molecule has 0 N–H and O–H groups in total. The monoisotopic (exact) mass is 507 g/mol. The van der Waals surface area contributed by atoms with Gasteiger partial charge in [0.15, 0.2) is 0 Å². The van der Waals surface area contributed by atoms with Crippen LogP contribution in [0.1, 0.15) is 11.1 Å². The molecule has 0 saturated carbocycles. The van der Waals surface area contributed by atoms with Gasteiger partial charge < -0.3 is 9.47 Å². The largest absolute Gasteiger partial charge is 0.503 e. The summed E-state index contributed by atoms with van der Waals surface area (Å²) in [6.45, 7) is 8.35. The van der Waals surface area contributed by atoms with Crippen molar-refractivity contribution in [1.82, 2.24) is 20.0 Å². The molecule has 0 radical (unpaired) electrons.